The van der Waals surface area contributed by atoms with Crippen LogP contribution in [0, 0.1) is 13.8 Å². The summed E-state index contributed by atoms with van der Waals surface area (Å²) in [5.74, 6) is 0. The average molecular weight is 335 g/mol. The van der Waals surface area contributed by atoms with Gasteiger partial charge in [-0.25, -0.2) is 0 Å². The van der Waals surface area contributed by atoms with Crippen molar-refractivity contribution in [2.45, 2.75) is 46.8 Å². The van der Waals surface area contributed by atoms with Crippen LogP contribution in [0.4, 0.5) is 0 Å². The predicted octanol–water partition coefficient (Wildman–Crippen LogP) is 4.74. The number of nitrogens with zero attached hydrogens (tertiary/aromatic N) is 1. The molecule has 2 aromatic rings. The van der Waals surface area contributed by atoms with Crippen molar-refractivity contribution in [1.82, 2.24) is 9.88 Å². The van der Waals surface area contributed by atoms with Gasteiger partial charge in [0, 0.05) is 35.0 Å². The van der Waals surface area contributed by atoms with Crippen molar-refractivity contribution in [3.8, 4) is 0 Å². The normalized spacial score (nSPS) is 12.7. The fourth-order valence-corrected chi connectivity index (χ4v) is 3.11. The van der Waals surface area contributed by atoms with Gasteiger partial charge in [0.2, 0.25) is 0 Å². The van der Waals surface area contributed by atoms with E-state index in [1.54, 1.807) is 0 Å². The fourth-order valence-electron chi connectivity index (χ4n) is 2.69. The van der Waals surface area contributed by atoms with Gasteiger partial charge in [0.25, 0.3) is 0 Å². The lowest BCUT2D eigenvalue weighted by Gasteiger charge is -2.15. The van der Waals surface area contributed by atoms with Crippen molar-refractivity contribution in [2.75, 3.05) is 0 Å². The molecule has 3 heteroatoms. The summed E-state index contributed by atoms with van der Waals surface area (Å²) in [6, 6.07) is 11.1. The molecule has 108 valence electrons. The van der Waals surface area contributed by atoms with E-state index in [2.05, 4.69) is 83.8 Å². The summed E-state index contributed by atoms with van der Waals surface area (Å²) in [6.07, 6.45) is 0. The van der Waals surface area contributed by atoms with Crippen LogP contribution in [0.25, 0.3) is 0 Å². The smallest absolute Gasteiger partial charge is 0.0295 e. The van der Waals surface area contributed by atoms with E-state index in [0.29, 0.717) is 6.04 Å². The molecule has 1 aromatic carbocycles. The lowest BCUT2D eigenvalue weighted by Crippen LogP contribution is -2.18. The van der Waals surface area contributed by atoms with Crippen LogP contribution in [0.2, 0.25) is 0 Å². The molecule has 0 aliphatic rings. The summed E-state index contributed by atoms with van der Waals surface area (Å²) in [4.78, 5) is 0. The second-order valence-electron chi connectivity index (χ2n) is 5.30. The number of hydrogen-bond acceptors (Lipinski definition) is 1. The van der Waals surface area contributed by atoms with Crippen molar-refractivity contribution < 1.29 is 0 Å². The quantitative estimate of drug-likeness (QED) is 0.835. The summed E-state index contributed by atoms with van der Waals surface area (Å²) in [7, 11) is 0. The van der Waals surface area contributed by atoms with Crippen LogP contribution in [-0.4, -0.2) is 4.57 Å². The van der Waals surface area contributed by atoms with Crippen molar-refractivity contribution in [2.24, 2.45) is 0 Å². The minimum atomic E-state index is 0.345. The van der Waals surface area contributed by atoms with E-state index in [-0.39, 0.29) is 0 Å². The Morgan fingerprint density at radius 1 is 1.25 bits per heavy atom. The molecule has 1 aromatic heterocycles. The van der Waals surface area contributed by atoms with Crippen LogP contribution in [0.1, 0.15) is 42.4 Å². The highest BCUT2D eigenvalue weighted by Gasteiger charge is 2.10. The molecule has 2 rings (SSSR count). The second kappa shape index (κ2) is 6.59. The SMILES string of the molecule is CCn1c(C)cc(CNC(C)c2cccc(Br)c2)c1C. The molecule has 0 fully saturated rings. The molecule has 0 bridgehead atoms. The minimum Gasteiger partial charge on any atom is -0.349 e. The van der Waals surface area contributed by atoms with Crippen LogP contribution >= 0.6 is 15.9 Å². The maximum absolute atomic E-state index is 3.61. The Bertz CT molecular complexity index is 587. The molecule has 0 aliphatic heterocycles. The van der Waals surface area contributed by atoms with Crippen LogP contribution in [0.5, 0.6) is 0 Å². The standard InChI is InChI=1S/C17H23BrN2/c1-5-20-12(2)9-16(14(20)4)11-19-13(3)15-7-6-8-17(18)10-15/h6-10,13,19H,5,11H2,1-4H3. The largest absolute Gasteiger partial charge is 0.349 e. The topological polar surface area (TPSA) is 17.0 Å². The van der Waals surface area contributed by atoms with Gasteiger partial charge in [-0.05, 0) is 57.0 Å². The summed E-state index contributed by atoms with van der Waals surface area (Å²) < 4.78 is 3.49. The maximum atomic E-state index is 3.61. The van der Waals surface area contributed by atoms with Gasteiger partial charge >= 0.3 is 0 Å². The molecule has 1 unspecified atom stereocenters. The molecule has 0 saturated carbocycles. The van der Waals surface area contributed by atoms with Crippen LogP contribution < -0.4 is 5.32 Å². The molecule has 0 aliphatic carbocycles. The van der Waals surface area contributed by atoms with Crippen molar-refractivity contribution in [1.29, 1.82) is 0 Å². The molecular formula is C17H23BrN2. The Morgan fingerprint density at radius 3 is 2.60 bits per heavy atom. The first-order valence-corrected chi connectivity index (χ1v) is 7.96. The number of rotatable bonds is 5. The van der Waals surface area contributed by atoms with E-state index < -0.39 is 0 Å². The highest BCUT2D eigenvalue weighted by Crippen LogP contribution is 2.20. The molecule has 0 spiro atoms. The number of benzene rings is 1. The zero-order valence-corrected chi connectivity index (χ0v) is 14.3. The Kier molecular flexibility index (Phi) is 5.06. The van der Waals surface area contributed by atoms with E-state index in [0.717, 1.165) is 17.6 Å². The molecule has 0 amide bonds. The summed E-state index contributed by atoms with van der Waals surface area (Å²) in [6.45, 7) is 10.7. The first-order valence-electron chi connectivity index (χ1n) is 7.17. The minimum absolute atomic E-state index is 0.345. The highest BCUT2D eigenvalue weighted by atomic mass is 79.9. The number of aromatic nitrogens is 1. The summed E-state index contributed by atoms with van der Waals surface area (Å²) in [5, 5.41) is 3.61. The Morgan fingerprint density at radius 2 is 2.00 bits per heavy atom. The van der Waals surface area contributed by atoms with Crippen molar-refractivity contribution >= 4 is 15.9 Å². The number of aryl methyl sites for hydroxylation is 1. The monoisotopic (exact) mass is 334 g/mol. The van der Waals surface area contributed by atoms with Gasteiger partial charge in [-0.15, -0.1) is 0 Å². The number of nitrogens with one attached hydrogen (secondary N) is 1. The lowest BCUT2D eigenvalue weighted by molar-refractivity contribution is 0.571. The summed E-state index contributed by atoms with van der Waals surface area (Å²) in [5.41, 5.74) is 5.42. The highest BCUT2D eigenvalue weighted by molar-refractivity contribution is 9.10. The Labute approximate surface area is 130 Å². The van der Waals surface area contributed by atoms with E-state index in [9.17, 15) is 0 Å². The average Bonchev–Trinajstić information content (AvgIpc) is 2.70. The zero-order chi connectivity index (χ0) is 14.7. The number of hydrogen-bond donors (Lipinski definition) is 1. The maximum Gasteiger partial charge on any atom is 0.0295 e. The molecule has 0 saturated heterocycles. The van der Waals surface area contributed by atoms with E-state index in [4.69, 9.17) is 0 Å². The third kappa shape index (κ3) is 3.33. The van der Waals surface area contributed by atoms with Crippen LogP contribution in [0.15, 0.2) is 34.8 Å². The molecule has 2 nitrogen and oxygen atoms in total. The molecule has 20 heavy (non-hydrogen) atoms. The van der Waals surface area contributed by atoms with E-state index in [1.165, 1.54) is 22.5 Å². The molecule has 1 N–H and O–H groups in total. The van der Waals surface area contributed by atoms with E-state index >= 15 is 0 Å². The Hall–Kier alpha value is -1.06. The second-order valence-corrected chi connectivity index (χ2v) is 6.21. The van der Waals surface area contributed by atoms with E-state index in [1.807, 2.05) is 0 Å². The first kappa shape index (κ1) is 15.3. The first-order chi connectivity index (χ1) is 9.52. The third-order valence-electron chi connectivity index (χ3n) is 3.94. The van der Waals surface area contributed by atoms with Gasteiger partial charge in [0.1, 0.15) is 0 Å². The van der Waals surface area contributed by atoms with Crippen LogP contribution in [-0.2, 0) is 13.1 Å². The van der Waals surface area contributed by atoms with Crippen LogP contribution in [0.3, 0.4) is 0 Å². The van der Waals surface area contributed by atoms with Gasteiger partial charge in [-0.3, -0.25) is 0 Å². The molecular weight excluding hydrogens is 312 g/mol. The molecule has 1 heterocycles. The molecule has 0 radical (unpaired) electrons. The Balaban J connectivity index is 2.05. The van der Waals surface area contributed by atoms with Gasteiger partial charge < -0.3 is 9.88 Å². The van der Waals surface area contributed by atoms with Gasteiger partial charge in [-0.1, -0.05) is 28.1 Å². The third-order valence-corrected chi connectivity index (χ3v) is 4.44. The fraction of sp³-hybridized carbons (Fsp3) is 0.412. The van der Waals surface area contributed by atoms with Crippen molar-refractivity contribution in [3.05, 3.63) is 57.3 Å². The lowest BCUT2D eigenvalue weighted by atomic mass is 10.1. The molecule has 1 atom stereocenters. The summed E-state index contributed by atoms with van der Waals surface area (Å²) >= 11 is 3.53. The van der Waals surface area contributed by atoms with Gasteiger partial charge in [-0.2, -0.15) is 0 Å². The van der Waals surface area contributed by atoms with Gasteiger partial charge in [0.15, 0.2) is 0 Å². The zero-order valence-electron chi connectivity index (χ0n) is 12.7. The number of halogens is 1. The van der Waals surface area contributed by atoms with Gasteiger partial charge in [0.05, 0.1) is 0 Å². The predicted molar refractivity (Wildman–Crippen MR) is 89.0 cm³/mol. The van der Waals surface area contributed by atoms with Crippen molar-refractivity contribution in [3.63, 3.8) is 0 Å².